The Kier molecular flexibility index (Phi) is 5.14. The quantitative estimate of drug-likeness (QED) is 0.843. The summed E-state index contributed by atoms with van der Waals surface area (Å²) in [5.74, 6) is -0.232. The highest BCUT2D eigenvalue weighted by atomic mass is 19.1. The van der Waals surface area contributed by atoms with Gasteiger partial charge in [0.05, 0.1) is 6.07 Å². The van der Waals surface area contributed by atoms with Crippen molar-refractivity contribution in [1.29, 1.82) is 5.26 Å². The third-order valence-corrected chi connectivity index (χ3v) is 4.10. The Morgan fingerprint density at radius 1 is 1.20 bits per heavy atom. The van der Waals surface area contributed by atoms with E-state index in [0.717, 1.165) is 18.4 Å². The molecular formula is C17H23FN2. The lowest BCUT2D eigenvalue weighted by atomic mass is 9.92. The van der Waals surface area contributed by atoms with Crippen molar-refractivity contribution in [3.05, 3.63) is 35.6 Å². The van der Waals surface area contributed by atoms with Crippen LogP contribution >= 0.6 is 0 Å². The predicted octanol–water partition coefficient (Wildman–Crippen LogP) is 3.96. The van der Waals surface area contributed by atoms with Crippen molar-refractivity contribution >= 4 is 0 Å². The average molecular weight is 274 g/mol. The lowest BCUT2D eigenvalue weighted by Crippen LogP contribution is -2.48. The molecule has 108 valence electrons. The van der Waals surface area contributed by atoms with Crippen LogP contribution in [0.1, 0.15) is 51.0 Å². The van der Waals surface area contributed by atoms with Crippen molar-refractivity contribution < 1.29 is 4.39 Å². The Morgan fingerprint density at radius 3 is 2.35 bits per heavy atom. The van der Waals surface area contributed by atoms with Crippen LogP contribution in [0.5, 0.6) is 0 Å². The second kappa shape index (κ2) is 6.85. The van der Waals surface area contributed by atoms with E-state index in [-0.39, 0.29) is 5.82 Å². The summed E-state index contributed by atoms with van der Waals surface area (Å²) in [5, 5.41) is 13.0. The Balaban J connectivity index is 2.00. The van der Waals surface area contributed by atoms with Gasteiger partial charge in [-0.25, -0.2) is 4.39 Å². The van der Waals surface area contributed by atoms with Crippen LogP contribution in [0, 0.1) is 17.1 Å². The summed E-state index contributed by atoms with van der Waals surface area (Å²) in [6.45, 7) is 1.95. The van der Waals surface area contributed by atoms with Crippen molar-refractivity contribution in [3.8, 4) is 6.07 Å². The van der Waals surface area contributed by atoms with Gasteiger partial charge in [-0.15, -0.1) is 0 Å². The Morgan fingerprint density at radius 2 is 1.80 bits per heavy atom. The average Bonchev–Trinajstić information content (AvgIpc) is 2.70. The van der Waals surface area contributed by atoms with Crippen LogP contribution in [0.15, 0.2) is 24.3 Å². The maximum absolute atomic E-state index is 12.9. The van der Waals surface area contributed by atoms with Gasteiger partial charge in [0.15, 0.2) is 0 Å². The summed E-state index contributed by atoms with van der Waals surface area (Å²) in [6.07, 6.45) is 8.02. The molecule has 1 unspecified atom stereocenters. The standard InChI is InChI=1S/C17H23FN2/c1-17(13-19,12-14-8-10-15(18)11-9-14)20-16-6-4-2-3-5-7-16/h8-11,16,20H,2-7,12H2,1H3. The lowest BCUT2D eigenvalue weighted by molar-refractivity contribution is 0.348. The van der Waals surface area contributed by atoms with Gasteiger partial charge in [-0.05, 0) is 37.5 Å². The molecule has 0 radical (unpaired) electrons. The molecule has 1 fully saturated rings. The maximum atomic E-state index is 12.9. The lowest BCUT2D eigenvalue weighted by Gasteiger charge is -2.29. The SMILES string of the molecule is CC(C#N)(Cc1ccc(F)cc1)NC1CCCCCC1. The second-order valence-electron chi connectivity index (χ2n) is 6.08. The molecule has 1 aromatic carbocycles. The summed E-state index contributed by atoms with van der Waals surface area (Å²) in [5.41, 5.74) is 0.420. The molecule has 20 heavy (non-hydrogen) atoms. The highest BCUT2D eigenvalue weighted by Gasteiger charge is 2.27. The Labute approximate surface area is 121 Å². The minimum absolute atomic E-state index is 0.232. The molecule has 1 atom stereocenters. The molecular weight excluding hydrogens is 251 g/mol. The zero-order chi connectivity index (χ0) is 14.4. The van der Waals surface area contributed by atoms with Gasteiger partial charge in [-0.3, -0.25) is 5.32 Å². The Hall–Kier alpha value is -1.40. The van der Waals surface area contributed by atoms with E-state index >= 15 is 0 Å². The number of nitrogens with one attached hydrogen (secondary N) is 1. The maximum Gasteiger partial charge on any atom is 0.123 e. The fourth-order valence-electron chi connectivity index (χ4n) is 3.01. The van der Waals surface area contributed by atoms with E-state index in [4.69, 9.17) is 0 Å². The van der Waals surface area contributed by atoms with Gasteiger partial charge in [-0.1, -0.05) is 37.8 Å². The fourth-order valence-corrected chi connectivity index (χ4v) is 3.01. The van der Waals surface area contributed by atoms with Crippen LogP contribution in [0.2, 0.25) is 0 Å². The first-order chi connectivity index (χ1) is 9.61. The summed E-state index contributed by atoms with van der Waals surface area (Å²) >= 11 is 0. The summed E-state index contributed by atoms with van der Waals surface area (Å²) in [7, 11) is 0. The van der Waals surface area contributed by atoms with E-state index in [9.17, 15) is 9.65 Å². The van der Waals surface area contributed by atoms with E-state index in [1.807, 2.05) is 6.92 Å². The Bertz CT molecular complexity index is 455. The minimum atomic E-state index is -0.577. The number of hydrogen-bond donors (Lipinski definition) is 1. The van der Waals surface area contributed by atoms with Crippen molar-refractivity contribution in [3.63, 3.8) is 0 Å². The van der Waals surface area contributed by atoms with E-state index in [1.165, 1.54) is 37.8 Å². The number of nitrogens with zero attached hydrogens (tertiary/aromatic N) is 1. The van der Waals surface area contributed by atoms with E-state index in [1.54, 1.807) is 12.1 Å². The first-order valence-corrected chi connectivity index (χ1v) is 7.55. The molecule has 0 amide bonds. The number of halogens is 1. The van der Waals surface area contributed by atoms with Gasteiger partial charge in [0.2, 0.25) is 0 Å². The molecule has 0 bridgehead atoms. The first kappa shape index (κ1) is 15.0. The highest BCUT2D eigenvalue weighted by molar-refractivity contribution is 5.22. The smallest absolute Gasteiger partial charge is 0.123 e. The van der Waals surface area contributed by atoms with E-state index in [0.29, 0.717) is 12.5 Å². The molecule has 1 N–H and O–H groups in total. The summed E-state index contributed by atoms with van der Waals surface area (Å²) in [4.78, 5) is 0. The highest BCUT2D eigenvalue weighted by Crippen LogP contribution is 2.21. The fraction of sp³-hybridized carbons (Fsp3) is 0.588. The van der Waals surface area contributed by atoms with E-state index < -0.39 is 5.54 Å². The van der Waals surface area contributed by atoms with Gasteiger partial charge < -0.3 is 0 Å². The molecule has 1 aliphatic rings. The normalized spacial score (nSPS) is 19.9. The van der Waals surface area contributed by atoms with Crippen LogP contribution in [-0.2, 0) is 6.42 Å². The van der Waals surface area contributed by atoms with Gasteiger partial charge >= 0.3 is 0 Å². The van der Waals surface area contributed by atoms with Gasteiger partial charge in [0, 0.05) is 12.5 Å². The third-order valence-electron chi connectivity index (χ3n) is 4.10. The van der Waals surface area contributed by atoms with Crippen LogP contribution in [-0.4, -0.2) is 11.6 Å². The molecule has 0 aromatic heterocycles. The topological polar surface area (TPSA) is 35.8 Å². The molecule has 2 rings (SSSR count). The molecule has 1 aliphatic carbocycles. The van der Waals surface area contributed by atoms with Crippen LogP contribution in [0.3, 0.4) is 0 Å². The summed E-state index contributed by atoms with van der Waals surface area (Å²) in [6, 6.07) is 9.28. The molecule has 1 saturated carbocycles. The molecule has 0 heterocycles. The molecule has 0 aliphatic heterocycles. The van der Waals surface area contributed by atoms with Crippen LogP contribution in [0.4, 0.5) is 4.39 Å². The van der Waals surface area contributed by atoms with Crippen LogP contribution in [0.25, 0.3) is 0 Å². The number of rotatable bonds is 4. The zero-order valence-corrected chi connectivity index (χ0v) is 12.2. The summed E-state index contributed by atoms with van der Waals surface area (Å²) < 4.78 is 12.9. The van der Waals surface area contributed by atoms with Gasteiger partial charge in [-0.2, -0.15) is 5.26 Å². The molecule has 0 spiro atoms. The van der Waals surface area contributed by atoms with Gasteiger partial charge in [0.1, 0.15) is 11.4 Å². The van der Waals surface area contributed by atoms with Crippen molar-refractivity contribution in [1.82, 2.24) is 5.32 Å². The first-order valence-electron chi connectivity index (χ1n) is 7.55. The van der Waals surface area contributed by atoms with Gasteiger partial charge in [0.25, 0.3) is 0 Å². The molecule has 0 saturated heterocycles. The number of nitriles is 1. The predicted molar refractivity (Wildman–Crippen MR) is 78.7 cm³/mol. The molecule has 1 aromatic rings. The van der Waals surface area contributed by atoms with Crippen LogP contribution < -0.4 is 5.32 Å². The molecule has 3 heteroatoms. The van der Waals surface area contributed by atoms with Crippen molar-refractivity contribution in [2.24, 2.45) is 0 Å². The van der Waals surface area contributed by atoms with Crippen molar-refractivity contribution in [2.45, 2.75) is 63.5 Å². The zero-order valence-electron chi connectivity index (χ0n) is 12.2. The van der Waals surface area contributed by atoms with Crippen molar-refractivity contribution in [2.75, 3.05) is 0 Å². The third kappa shape index (κ3) is 4.31. The second-order valence-corrected chi connectivity index (χ2v) is 6.08. The molecule has 2 nitrogen and oxygen atoms in total. The number of benzene rings is 1. The minimum Gasteiger partial charge on any atom is -0.297 e. The number of hydrogen-bond acceptors (Lipinski definition) is 2. The monoisotopic (exact) mass is 274 g/mol. The van der Waals surface area contributed by atoms with E-state index in [2.05, 4.69) is 11.4 Å². The largest absolute Gasteiger partial charge is 0.297 e.